The highest BCUT2D eigenvalue weighted by atomic mass is 79.9. The Balaban J connectivity index is 1.72. The number of benzene rings is 3. The zero-order valence-corrected chi connectivity index (χ0v) is 20.7. The molecule has 4 aromatic rings. The standard InChI is InChI=1S/C24H17Br2Cl2NO/c1-14-9-10-15-5-4-8-21(23(15)29-14)30-13-19-20(27)12-11-17(22(19)28)16-6-2-3-7-18(16)24(25)26/h2-12,24H,13H2,1H3. The number of fused-ring (bicyclic) bond motifs is 1. The van der Waals surface area contributed by atoms with Crippen LogP contribution >= 0.6 is 55.1 Å². The summed E-state index contributed by atoms with van der Waals surface area (Å²) in [6, 6.07) is 21.8. The van der Waals surface area contributed by atoms with Crippen LogP contribution in [-0.2, 0) is 6.61 Å². The molecule has 0 amide bonds. The highest BCUT2D eigenvalue weighted by Gasteiger charge is 2.17. The third-order valence-corrected chi connectivity index (χ3v) is 6.64. The highest BCUT2D eigenvalue weighted by molar-refractivity contribution is 9.24. The Kier molecular flexibility index (Phi) is 6.69. The van der Waals surface area contributed by atoms with Gasteiger partial charge >= 0.3 is 0 Å². The van der Waals surface area contributed by atoms with Crippen LogP contribution in [0.2, 0.25) is 10.0 Å². The summed E-state index contributed by atoms with van der Waals surface area (Å²) in [5, 5.41) is 2.18. The maximum absolute atomic E-state index is 6.82. The van der Waals surface area contributed by atoms with Gasteiger partial charge in [-0.25, -0.2) is 4.98 Å². The Labute approximate surface area is 202 Å². The van der Waals surface area contributed by atoms with E-state index in [9.17, 15) is 0 Å². The van der Waals surface area contributed by atoms with Gasteiger partial charge in [0.1, 0.15) is 17.9 Å². The number of hydrogen-bond donors (Lipinski definition) is 0. The molecule has 0 unspecified atom stereocenters. The van der Waals surface area contributed by atoms with Gasteiger partial charge in [0.05, 0.1) is 8.76 Å². The van der Waals surface area contributed by atoms with Crippen LogP contribution in [0.15, 0.2) is 66.7 Å². The molecule has 2 nitrogen and oxygen atoms in total. The number of aromatic nitrogens is 1. The molecule has 1 aromatic heterocycles. The van der Waals surface area contributed by atoms with Crippen LogP contribution in [0.3, 0.4) is 0 Å². The van der Waals surface area contributed by atoms with Crippen molar-refractivity contribution in [3.63, 3.8) is 0 Å². The molecule has 0 atom stereocenters. The molecule has 0 saturated carbocycles. The van der Waals surface area contributed by atoms with Crippen LogP contribution in [0.25, 0.3) is 22.0 Å². The first-order chi connectivity index (χ1) is 14.5. The SMILES string of the molecule is Cc1ccc2cccc(OCc3c(Cl)ccc(-c4ccccc4C(Br)Br)c3Cl)c2n1. The van der Waals surface area contributed by atoms with Crippen LogP contribution in [0.5, 0.6) is 5.75 Å². The minimum atomic E-state index is 0.0117. The van der Waals surface area contributed by atoms with Crippen molar-refractivity contribution in [3.8, 4) is 16.9 Å². The average molecular weight is 566 g/mol. The van der Waals surface area contributed by atoms with E-state index >= 15 is 0 Å². The number of halogens is 4. The molecule has 0 radical (unpaired) electrons. The molecule has 4 rings (SSSR count). The van der Waals surface area contributed by atoms with E-state index in [0.717, 1.165) is 38.9 Å². The Morgan fingerprint density at radius 3 is 2.50 bits per heavy atom. The normalized spacial score (nSPS) is 11.3. The topological polar surface area (TPSA) is 22.1 Å². The van der Waals surface area contributed by atoms with Crippen molar-refractivity contribution in [2.45, 2.75) is 17.3 Å². The number of nitrogens with zero attached hydrogens (tertiary/aromatic N) is 1. The summed E-state index contributed by atoms with van der Waals surface area (Å²) in [5.74, 6) is 0.704. The Hall–Kier alpha value is -1.59. The monoisotopic (exact) mass is 563 g/mol. The largest absolute Gasteiger partial charge is 0.487 e. The molecule has 152 valence electrons. The van der Waals surface area contributed by atoms with E-state index in [-0.39, 0.29) is 10.3 Å². The van der Waals surface area contributed by atoms with Crippen LogP contribution in [0.4, 0.5) is 0 Å². The third kappa shape index (κ3) is 4.38. The summed E-state index contributed by atoms with van der Waals surface area (Å²) in [4.78, 5) is 4.63. The van der Waals surface area contributed by atoms with Crippen molar-refractivity contribution >= 4 is 66.0 Å². The smallest absolute Gasteiger partial charge is 0.146 e. The van der Waals surface area contributed by atoms with Crippen molar-refractivity contribution in [1.82, 2.24) is 4.98 Å². The van der Waals surface area contributed by atoms with Crippen LogP contribution < -0.4 is 4.74 Å². The van der Waals surface area contributed by atoms with E-state index in [1.54, 1.807) is 0 Å². The number of para-hydroxylation sites is 1. The van der Waals surface area contributed by atoms with E-state index in [1.807, 2.05) is 67.6 Å². The molecular weight excluding hydrogens is 549 g/mol. The minimum Gasteiger partial charge on any atom is -0.487 e. The molecule has 6 heteroatoms. The summed E-state index contributed by atoms with van der Waals surface area (Å²) >= 11 is 20.5. The zero-order valence-electron chi connectivity index (χ0n) is 16.0. The molecule has 0 fully saturated rings. The fraction of sp³-hybridized carbons (Fsp3) is 0.125. The number of pyridine rings is 1. The molecule has 3 aromatic carbocycles. The summed E-state index contributed by atoms with van der Waals surface area (Å²) in [6.07, 6.45) is 0. The molecule has 0 bridgehead atoms. The first kappa shape index (κ1) is 21.6. The molecule has 1 heterocycles. The zero-order chi connectivity index (χ0) is 21.3. The van der Waals surface area contributed by atoms with Gasteiger partial charge in [-0.05, 0) is 36.2 Å². The minimum absolute atomic E-state index is 0.0117. The molecule has 30 heavy (non-hydrogen) atoms. The van der Waals surface area contributed by atoms with Crippen molar-refractivity contribution in [1.29, 1.82) is 0 Å². The summed E-state index contributed by atoms with van der Waals surface area (Å²) in [7, 11) is 0. The number of rotatable bonds is 5. The Morgan fingerprint density at radius 1 is 0.900 bits per heavy atom. The van der Waals surface area contributed by atoms with Gasteiger partial charge in [-0.3, -0.25) is 0 Å². The lowest BCUT2D eigenvalue weighted by molar-refractivity contribution is 0.309. The van der Waals surface area contributed by atoms with Crippen LogP contribution in [-0.4, -0.2) is 4.98 Å². The number of aryl methyl sites for hydroxylation is 1. The molecular formula is C24H17Br2Cl2NO. The predicted octanol–water partition coefficient (Wildman–Crippen LogP) is 8.88. The van der Waals surface area contributed by atoms with Crippen molar-refractivity contribution in [3.05, 3.63) is 93.6 Å². The maximum atomic E-state index is 6.82. The number of alkyl halides is 2. The molecule has 0 aliphatic heterocycles. The summed E-state index contributed by atoms with van der Waals surface area (Å²) in [5.41, 5.74) is 5.53. The third-order valence-electron chi connectivity index (χ3n) is 4.87. The molecule has 0 aliphatic rings. The lowest BCUT2D eigenvalue weighted by Crippen LogP contribution is -2.00. The van der Waals surface area contributed by atoms with Gasteiger partial charge in [0.25, 0.3) is 0 Å². The Bertz CT molecular complexity index is 1230. The van der Waals surface area contributed by atoms with Gasteiger partial charge in [-0.2, -0.15) is 0 Å². The van der Waals surface area contributed by atoms with Crippen LogP contribution in [0.1, 0.15) is 20.6 Å². The second kappa shape index (κ2) is 9.27. The van der Waals surface area contributed by atoms with Gasteiger partial charge < -0.3 is 4.74 Å². The fourth-order valence-electron chi connectivity index (χ4n) is 3.35. The van der Waals surface area contributed by atoms with Gasteiger partial charge in [0.15, 0.2) is 0 Å². The second-order valence-electron chi connectivity index (χ2n) is 6.84. The number of ether oxygens (including phenoxy) is 1. The quantitative estimate of drug-likeness (QED) is 0.225. The molecule has 0 N–H and O–H groups in total. The van der Waals surface area contributed by atoms with Gasteiger partial charge in [-0.1, -0.05) is 104 Å². The molecule has 0 spiro atoms. The predicted molar refractivity (Wildman–Crippen MR) is 133 cm³/mol. The van der Waals surface area contributed by atoms with E-state index in [1.165, 1.54) is 0 Å². The lowest BCUT2D eigenvalue weighted by atomic mass is 9.99. The lowest BCUT2D eigenvalue weighted by Gasteiger charge is -2.16. The van der Waals surface area contributed by atoms with Gasteiger partial charge in [0.2, 0.25) is 0 Å². The van der Waals surface area contributed by atoms with Gasteiger partial charge in [0, 0.05) is 27.2 Å². The van der Waals surface area contributed by atoms with Crippen molar-refractivity contribution < 1.29 is 4.74 Å². The second-order valence-corrected chi connectivity index (χ2v) is 10.7. The van der Waals surface area contributed by atoms with Crippen molar-refractivity contribution in [2.75, 3.05) is 0 Å². The molecule has 0 saturated heterocycles. The van der Waals surface area contributed by atoms with E-state index in [2.05, 4.69) is 42.9 Å². The van der Waals surface area contributed by atoms with Gasteiger partial charge in [-0.15, -0.1) is 0 Å². The average Bonchev–Trinajstić information content (AvgIpc) is 2.74. The van der Waals surface area contributed by atoms with E-state index in [4.69, 9.17) is 27.9 Å². The summed E-state index contributed by atoms with van der Waals surface area (Å²) in [6.45, 7) is 2.21. The van der Waals surface area contributed by atoms with Crippen LogP contribution in [0, 0.1) is 6.92 Å². The first-order valence-electron chi connectivity index (χ1n) is 9.29. The fourth-order valence-corrected chi connectivity index (χ4v) is 4.73. The highest BCUT2D eigenvalue weighted by Crippen LogP contribution is 2.41. The number of hydrogen-bond acceptors (Lipinski definition) is 2. The van der Waals surface area contributed by atoms with E-state index < -0.39 is 0 Å². The van der Waals surface area contributed by atoms with Crippen molar-refractivity contribution in [2.24, 2.45) is 0 Å². The first-order valence-corrected chi connectivity index (χ1v) is 11.9. The molecule has 0 aliphatic carbocycles. The Morgan fingerprint density at radius 2 is 1.70 bits per heavy atom. The maximum Gasteiger partial charge on any atom is 0.146 e. The van der Waals surface area contributed by atoms with E-state index in [0.29, 0.717) is 15.8 Å². The summed E-state index contributed by atoms with van der Waals surface area (Å²) < 4.78 is 6.15.